The predicted octanol–water partition coefficient (Wildman–Crippen LogP) is 3.38. The number of rotatable bonds is 6. The normalized spacial score (nSPS) is 15.8. The number of nitrogens with one attached hydrogen (secondary N) is 2. The van der Waals surface area contributed by atoms with Gasteiger partial charge >= 0.3 is 0 Å². The number of anilines is 1. The molecule has 24 heavy (non-hydrogen) atoms. The van der Waals surface area contributed by atoms with Gasteiger partial charge in [-0.3, -0.25) is 14.5 Å². The second-order valence-corrected chi connectivity index (χ2v) is 6.68. The van der Waals surface area contributed by atoms with E-state index in [9.17, 15) is 4.79 Å². The van der Waals surface area contributed by atoms with Crippen LogP contribution in [0, 0.1) is 17.1 Å². The van der Waals surface area contributed by atoms with E-state index in [-0.39, 0.29) is 11.3 Å². The van der Waals surface area contributed by atoms with Crippen molar-refractivity contribution in [1.29, 1.82) is 0 Å². The number of H-pyrrole nitrogens is 1. The Morgan fingerprint density at radius 2 is 2.29 bits per heavy atom. The van der Waals surface area contributed by atoms with Gasteiger partial charge in [0.2, 0.25) is 5.91 Å². The fourth-order valence-corrected chi connectivity index (χ4v) is 3.44. The first-order valence-electron chi connectivity index (χ1n) is 8.11. The Kier molecular flexibility index (Phi) is 4.82. The number of aryl methyl sites for hydroxylation is 1. The van der Waals surface area contributed by atoms with E-state index in [4.69, 9.17) is 17.0 Å². The summed E-state index contributed by atoms with van der Waals surface area (Å²) in [6.07, 6.45) is 3.71. The third-order valence-electron chi connectivity index (χ3n) is 4.78. The first kappa shape index (κ1) is 16.9. The molecule has 128 valence electrons. The van der Waals surface area contributed by atoms with Gasteiger partial charge < -0.3 is 10.1 Å². The number of amides is 1. The quantitative estimate of drug-likeness (QED) is 0.787. The van der Waals surface area contributed by atoms with Gasteiger partial charge in [-0.2, -0.15) is 5.10 Å². The Morgan fingerprint density at radius 3 is 2.88 bits per heavy atom. The predicted molar refractivity (Wildman–Crippen MR) is 94.9 cm³/mol. The van der Waals surface area contributed by atoms with Gasteiger partial charge in [0.15, 0.2) is 4.77 Å². The maximum Gasteiger partial charge on any atom is 0.230 e. The topological polar surface area (TPSA) is 71.9 Å². The molecule has 1 heterocycles. The highest BCUT2D eigenvalue weighted by Gasteiger charge is 2.43. The van der Waals surface area contributed by atoms with E-state index < -0.39 is 0 Å². The van der Waals surface area contributed by atoms with Crippen molar-refractivity contribution >= 4 is 23.8 Å². The van der Waals surface area contributed by atoms with Crippen molar-refractivity contribution in [2.45, 2.75) is 32.6 Å². The summed E-state index contributed by atoms with van der Waals surface area (Å²) in [5.41, 5.74) is 1.36. The Morgan fingerprint density at radius 1 is 1.50 bits per heavy atom. The molecule has 0 bridgehead atoms. The third-order valence-corrected chi connectivity index (χ3v) is 5.05. The van der Waals surface area contributed by atoms with Gasteiger partial charge in [-0.1, -0.05) is 12.5 Å². The second kappa shape index (κ2) is 6.86. The summed E-state index contributed by atoms with van der Waals surface area (Å²) in [5.74, 6) is 0.856. The number of carbonyl (C=O) groups excluding carboxylic acids is 1. The van der Waals surface area contributed by atoms with Crippen LogP contribution in [0.3, 0.4) is 0 Å². The van der Waals surface area contributed by atoms with Crippen LogP contribution >= 0.6 is 12.2 Å². The standard InChI is InChI=1S/C17H22N4O2S/c1-12-19-20-16(24)21(12)14-6-3-5-13(11-14)18-15(22)17(7-4-8-17)9-10-23-2/h3,5-6,11H,4,7-10H2,1-2H3,(H,18,22)(H,20,24). The van der Waals surface area contributed by atoms with Gasteiger partial charge in [-0.05, 0) is 56.6 Å². The molecule has 0 radical (unpaired) electrons. The molecule has 1 aromatic carbocycles. The van der Waals surface area contributed by atoms with Crippen LogP contribution in [0.15, 0.2) is 24.3 Å². The molecular formula is C17H22N4O2S. The van der Waals surface area contributed by atoms with Crippen molar-refractivity contribution in [3.63, 3.8) is 0 Å². The van der Waals surface area contributed by atoms with Crippen molar-refractivity contribution in [1.82, 2.24) is 14.8 Å². The van der Waals surface area contributed by atoms with E-state index in [1.54, 1.807) is 7.11 Å². The number of benzene rings is 1. The zero-order valence-corrected chi connectivity index (χ0v) is 14.8. The molecule has 1 fully saturated rings. The lowest BCUT2D eigenvalue weighted by atomic mass is 9.66. The molecule has 1 aliphatic rings. The van der Waals surface area contributed by atoms with Crippen LogP contribution in [-0.2, 0) is 9.53 Å². The maximum atomic E-state index is 12.7. The van der Waals surface area contributed by atoms with Crippen LogP contribution in [-0.4, -0.2) is 34.4 Å². The molecule has 0 saturated heterocycles. The Bertz CT molecular complexity index is 792. The molecule has 2 N–H and O–H groups in total. The van der Waals surface area contributed by atoms with E-state index in [0.29, 0.717) is 11.4 Å². The summed E-state index contributed by atoms with van der Waals surface area (Å²) in [5, 5.41) is 9.96. The molecule has 0 atom stereocenters. The van der Waals surface area contributed by atoms with Crippen molar-refractivity contribution in [2.75, 3.05) is 19.0 Å². The molecule has 7 heteroatoms. The van der Waals surface area contributed by atoms with E-state index in [1.807, 2.05) is 35.8 Å². The van der Waals surface area contributed by atoms with E-state index in [1.165, 1.54) is 0 Å². The van der Waals surface area contributed by atoms with Crippen molar-refractivity contribution < 1.29 is 9.53 Å². The summed E-state index contributed by atoms with van der Waals surface area (Å²) in [6.45, 7) is 2.49. The summed E-state index contributed by atoms with van der Waals surface area (Å²) < 4.78 is 7.54. The molecule has 1 aromatic heterocycles. The van der Waals surface area contributed by atoms with E-state index in [0.717, 1.165) is 42.9 Å². The minimum absolute atomic E-state index is 0.0791. The number of aromatic amines is 1. The number of methoxy groups -OCH3 is 1. The largest absolute Gasteiger partial charge is 0.385 e. The van der Waals surface area contributed by atoms with Crippen LogP contribution in [0.1, 0.15) is 31.5 Å². The molecule has 0 unspecified atom stereocenters. The monoisotopic (exact) mass is 346 g/mol. The molecule has 6 nitrogen and oxygen atoms in total. The van der Waals surface area contributed by atoms with Gasteiger partial charge in [0.05, 0.1) is 11.1 Å². The molecule has 1 amide bonds. The summed E-state index contributed by atoms with van der Waals surface area (Å²) in [6, 6.07) is 7.65. The second-order valence-electron chi connectivity index (χ2n) is 6.29. The van der Waals surface area contributed by atoms with Gasteiger partial charge in [0, 0.05) is 19.4 Å². The third kappa shape index (κ3) is 3.14. The van der Waals surface area contributed by atoms with Gasteiger partial charge in [-0.25, -0.2) is 0 Å². The molecule has 1 aliphatic carbocycles. The maximum absolute atomic E-state index is 12.7. The number of carbonyl (C=O) groups is 1. The highest BCUT2D eigenvalue weighted by atomic mass is 32.1. The smallest absolute Gasteiger partial charge is 0.230 e. The van der Waals surface area contributed by atoms with Gasteiger partial charge in [0.1, 0.15) is 5.82 Å². The molecule has 0 spiro atoms. The lowest BCUT2D eigenvalue weighted by Crippen LogP contribution is -2.42. The molecular weight excluding hydrogens is 324 g/mol. The summed E-state index contributed by atoms with van der Waals surface area (Å²) in [4.78, 5) is 12.7. The van der Waals surface area contributed by atoms with E-state index >= 15 is 0 Å². The minimum Gasteiger partial charge on any atom is -0.385 e. The van der Waals surface area contributed by atoms with Gasteiger partial charge in [0.25, 0.3) is 0 Å². The highest BCUT2D eigenvalue weighted by molar-refractivity contribution is 7.71. The average molecular weight is 346 g/mol. The first-order valence-corrected chi connectivity index (χ1v) is 8.51. The average Bonchev–Trinajstić information content (AvgIpc) is 2.85. The van der Waals surface area contributed by atoms with Crippen LogP contribution in [0.2, 0.25) is 0 Å². The Hall–Kier alpha value is -1.99. The highest BCUT2D eigenvalue weighted by Crippen LogP contribution is 2.44. The number of hydrogen-bond acceptors (Lipinski definition) is 4. The lowest BCUT2D eigenvalue weighted by Gasteiger charge is -2.40. The summed E-state index contributed by atoms with van der Waals surface area (Å²) in [7, 11) is 1.67. The number of ether oxygens (including phenoxy) is 1. The SMILES string of the molecule is COCCC1(C(=O)Nc2cccc(-n3c(C)n[nH]c3=S)c2)CCC1. The molecule has 0 aliphatic heterocycles. The van der Waals surface area contributed by atoms with Gasteiger partial charge in [-0.15, -0.1) is 0 Å². The Balaban J connectivity index is 1.80. The van der Waals surface area contributed by atoms with Crippen molar-refractivity contribution in [2.24, 2.45) is 5.41 Å². The number of aromatic nitrogens is 3. The van der Waals surface area contributed by atoms with Crippen molar-refractivity contribution in [3.8, 4) is 5.69 Å². The minimum atomic E-state index is -0.284. The summed E-state index contributed by atoms with van der Waals surface area (Å²) >= 11 is 5.26. The Labute approximate surface area is 146 Å². The number of nitrogens with zero attached hydrogens (tertiary/aromatic N) is 2. The zero-order valence-electron chi connectivity index (χ0n) is 14.0. The van der Waals surface area contributed by atoms with Crippen molar-refractivity contribution in [3.05, 3.63) is 34.9 Å². The van der Waals surface area contributed by atoms with E-state index in [2.05, 4.69) is 15.5 Å². The number of hydrogen-bond donors (Lipinski definition) is 2. The molecule has 1 saturated carbocycles. The first-order chi connectivity index (χ1) is 11.6. The van der Waals surface area contributed by atoms with Crippen LogP contribution < -0.4 is 5.32 Å². The fraction of sp³-hybridized carbons (Fsp3) is 0.471. The van der Waals surface area contributed by atoms with Crippen LogP contribution in [0.5, 0.6) is 0 Å². The molecule has 2 aromatic rings. The lowest BCUT2D eigenvalue weighted by molar-refractivity contribution is -0.131. The molecule has 3 rings (SSSR count). The van der Waals surface area contributed by atoms with Crippen LogP contribution in [0.25, 0.3) is 5.69 Å². The van der Waals surface area contributed by atoms with Crippen LogP contribution in [0.4, 0.5) is 5.69 Å². The fourth-order valence-electron chi connectivity index (χ4n) is 3.16. The zero-order chi connectivity index (χ0) is 17.2.